The predicted molar refractivity (Wildman–Crippen MR) is 132 cm³/mol. The molecule has 168 valence electrons. The normalized spacial score (nSPS) is 14.8. The minimum Gasteiger partial charge on any atom is -0.493 e. The number of rotatable bonds is 7. The van der Waals surface area contributed by atoms with Gasteiger partial charge in [-0.15, -0.1) is 0 Å². The Morgan fingerprint density at radius 3 is 2.42 bits per heavy atom. The highest BCUT2D eigenvalue weighted by atomic mass is 35.5. The molecule has 0 bridgehead atoms. The first kappa shape index (κ1) is 23.2. The Morgan fingerprint density at radius 1 is 0.909 bits per heavy atom. The summed E-state index contributed by atoms with van der Waals surface area (Å²) < 4.78 is 11.3. The molecule has 3 aromatic carbocycles. The van der Waals surface area contributed by atoms with Crippen molar-refractivity contribution in [3.05, 3.63) is 98.4 Å². The highest BCUT2D eigenvalue weighted by Crippen LogP contribution is 2.36. The molecule has 1 aliphatic rings. The summed E-state index contributed by atoms with van der Waals surface area (Å²) in [6.07, 6.45) is 1.67. The molecule has 1 heterocycles. The van der Waals surface area contributed by atoms with E-state index in [0.29, 0.717) is 33.1 Å². The number of ether oxygens (including phenoxy) is 2. The van der Waals surface area contributed by atoms with Gasteiger partial charge in [0.15, 0.2) is 11.5 Å². The predicted octanol–water partition coefficient (Wildman–Crippen LogP) is 6.82. The molecule has 3 aromatic rings. The molecule has 0 aliphatic carbocycles. The maximum Gasteiger partial charge on any atom is 0.293 e. The van der Waals surface area contributed by atoms with E-state index in [9.17, 15) is 9.59 Å². The number of nitrogens with zero attached hydrogens (tertiary/aromatic N) is 1. The van der Waals surface area contributed by atoms with Crippen molar-refractivity contribution in [3.63, 3.8) is 0 Å². The number of carbonyl (C=O) groups is 2. The van der Waals surface area contributed by atoms with Crippen LogP contribution in [0, 0.1) is 0 Å². The molecule has 0 atom stereocenters. The summed E-state index contributed by atoms with van der Waals surface area (Å²) in [7, 11) is 1.56. The first-order chi connectivity index (χ1) is 15.9. The second-order valence-corrected chi connectivity index (χ2v) is 9.01. The van der Waals surface area contributed by atoms with E-state index in [1.807, 2.05) is 36.4 Å². The van der Waals surface area contributed by atoms with Crippen molar-refractivity contribution in [2.24, 2.45) is 0 Å². The average molecular weight is 500 g/mol. The molecule has 0 radical (unpaired) electrons. The second-order valence-electron chi connectivity index (χ2n) is 7.20. The van der Waals surface area contributed by atoms with Gasteiger partial charge >= 0.3 is 0 Å². The Kier molecular flexibility index (Phi) is 7.28. The number of halogens is 2. The summed E-state index contributed by atoms with van der Waals surface area (Å²) in [4.78, 5) is 26.8. The van der Waals surface area contributed by atoms with Crippen molar-refractivity contribution < 1.29 is 19.1 Å². The second kappa shape index (κ2) is 10.3. The third-order valence-electron chi connectivity index (χ3n) is 4.92. The van der Waals surface area contributed by atoms with E-state index in [2.05, 4.69) is 0 Å². The molecular formula is C25H19Cl2NO4S. The standard InChI is InChI=1S/C25H19Cl2NO4S/c1-31-22-12-17(8-10-21(22)32-15-16-5-3-2-4-6-16)13-23-24(29)28(25(30)33-23)14-18-7-9-19(26)20(27)11-18/h2-13H,14-15H2,1H3/b23-13-. The van der Waals surface area contributed by atoms with Gasteiger partial charge in [-0.3, -0.25) is 14.5 Å². The largest absolute Gasteiger partial charge is 0.493 e. The van der Waals surface area contributed by atoms with Crippen LogP contribution in [0.5, 0.6) is 11.5 Å². The van der Waals surface area contributed by atoms with Crippen LogP contribution in [0.25, 0.3) is 6.08 Å². The molecule has 2 amide bonds. The van der Waals surface area contributed by atoms with Crippen molar-refractivity contribution in [3.8, 4) is 11.5 Å². The fourth-order valence-corrected chi connectivity index (χ4v) is 4.40. The molecule has 5 nitrogen and oxygen atoms in total. The minimum atomic E-state index is -0.362. The molecule has 0 saturated carbocycles. The molecule has 4 rings (SSSR count). The average Bonchev–Trinajstić information content (AvgIpc) is 3.08. The molecule has 0 spiro atoms. The van der Waals surface area contributed by atoms with Crippen LogP contribution in [0.2, 0.25) is 10.0 Å². The maximum absolute atomic E-state index is 12.9. The zero-order chi connectivity index (χ0) is 23.4. The Balaban J connectivity index is 1.49. The molecule has 1 saturated heterocycles. The van der Waals surface area contributed by atoms with E-state index in [1.165, 1.54) is 4.90 Å². The lowest BCUT2D eigenvalue weighted by Gasteiger charge is -2.13. The van der Waals surface area contributed by atoms with E-state index in [-0.39, 0.29) is 17.7 Å². The Bertz CT molecular complexity index is 1230. The van der Waals surface area contributed by atoms with E-state index >= 15 is 0 Å². The van der Waals surface area contributed by atoms with Gasteiger partial charge in [0.05, 0.1) is 28.6 Å². The van der Waals surface area contributed by atoms with Crippen molar-refractivity contribution in [1.82, 2.24) is 4.90 Å². The van der Waals surface area contributed by atoms with Crippen LogP contribution in [-0.2, 0) is 17.9 Å². The van der Waals surface area contributed by atoms with Crippen LogP contribution >= 0.6 is 35.0 Å². The number of hydrogen-bond donors (Lipinski definition) is 0. The van der Waals surface area contributed by atoms with Gasteiger partial charge in [0.1, 0.15) is 6.61 Å². The number of carbonyl (C=O) groups excluding carboxylic acids is 2. The zero-order valence-corrected chi connectivity index (χ0v) is 19.9. The van der Waals surface area contributed by atoms with E-state index < -0.39 is 0 Å². The zero-order valence-electron chi connectivity index (χ0n) is 17.6. The number of amides is 2. The van der Waals surface area contributed by atoms with Gasteiger partial charge in [0.25, 0.3) is 11.1 Å². The van der Waals surface area contributed by atoms with Gasteiger partial charge in [-0.05, 0) is 58.8 Å². The Morgan fingerprint density at radius 2 is 1.70 bits per heavy atom. The molecule has 0 unspecified atom stereocenters. The first-order valence-corrected chi connectivity index (χ1v) is 11.6. The van der Waals surface area contributed by atoms with Gasteiger partial charge in [-0.1, -0.05) is 65.7 Å². The molecule has 1 fully saturated rings. The highest BCUT2D eigenvalue weighted by molar-refractivity contribution is 8.18. The van der Waals surface area contributed by atoms with E-state index in [4.69, 9.17) is 32.7 Å². The lowest BCUT2D eigenvalue weighted by atomic mass is 10.1. The smallest absolute Gasteiger partial charge is 0.293 e. The highest BCUT2D eigenvalue weighted by Gasteiger charge is 2.35. The lowest BCUT2D eigenvalue weighted by molar-refractivity contribution is -0.123. The van der Waals surface area contributed by atoms with Crippen LogP contribution in [-0.4, -0.2) is 23.2 Å². The summed E-state index contributed by atoms with van der Waals surface area (Å²) in [6.45, 7) is 0.526. The summed E-state index contributed by atoms with van der Waals surface area (Å²) in [5, 5.41) is 0.449. The number of benzene rings is 3. The fourth-order valence-electron chi connectivity index (χ4n) is 3.24. The summed E-state index contributed by atoms with van der Waals surface area (Å²) in [5.41, 5.74) is 2.48. The van der Waals surface area contributed by atoms with Gasteiger partial charge in [0, 0.05) is 0 Å². The first-order valence-electron chi connectivity index (χ1n) is 9.98. The van der Waals surface area contributed by atoms with Crippen LogP contribution < -0.4 is 9.47 Å². The van der Waals surface area contributed by atoms with Crippen molar-refractivity contribution >= 4 is 52.2 Å². The fraction of sp³-hybridized carbons (Fsp3) is 0.120. The van der Waals surface area contributed by atoms with Gasteiger partial charge < -0.3 is 9.47 Å². The molecule has 8 heteroatoms. The Labute approximate surface area is 205 Å². The SMILES string of the molecule is COc1cc(/C=C2\SC(=O)N(Cc3ccc(Cl)c(Cl)c3)C2=O)ccc1OCc1ccccc1. The maximum atomic E-state index is 12.9. The van der Waals surface area contributed by atoms with Gasteiger partial charge in [0.2, 0.25) is 0 Å². The number of thioether (sulfide) groups is 1. The molecule has 0 aromatic heterocycles. The number of imide groups is 1. The summed E-state index contributed by atoms with van der Waals surface area (Å²) in [6, 6.07) is 20.2. The topological polar surface area (TPSA) is 55.8 Å². The van der Waals surface area contributed by atoms with Crippen molar-refractivity contribution in [2.75, 3.05) is 7.11 Å². The van der Waals surface area contributed by atoms with Crippen molar-refractivity contribution in [2.45, 2.75) is 13.2 Å². The number of hydrogen-bond acceptors (Lipinski definition) is 5. The van der Waals surface area contributed by atoms with Crippen molar-refractivity contribution in [1.29, 1.82) is 0 Å². The Hall–Kier alpha value is -2.93. The van der Waals surface area contributed by atoms with Gasteiger partial charge in [-0.2, -0.15) is 0 Å². The number of methoxy groups -OCH3 is 1. The van der Waals surface area contributed by atoms with Crippen LogP contribution in [0.1, 0.15) is 16.7 Å². The van der Waals surface area contributed by atoms with Crippen LogP contribution in [0.4, 0.5) is 4.79 Å². The molecule has 33 heavy (non-hydrogen) atoms. The van der Waals surface area contributed by atoms with Gasteiger partial charge in [-0.25, -0.2) is 0 Å². The third-order valence-corrected chi connectivity index (χ3v) is 6.57. The van der Waals surface area contributed by atoms with E-state index in [0.717, 1.165) is 28.5 Å². The minimum absolute atomic E-state index is 0.120. The molecule has 0 N–H and O–H groups in total. The lowest BCUT2D eigenvalue weighted by Crippen LogP contribution is -2.27. The van der Waals surface area contributed by atoms with Crippen LogP contribution in [0.15, 0.2) is 71.6 Å². The van der Waals surface area contributed by atoms with E-state index in [1.54, 1.807) is 43.5 Å². The third kappa shape index (κ3) is 5.53. The molecule has 1 aliphatic heterocycles. The molecular weight excluding hydrogens is 481 g/mol. The summed E-state index contributed by atoms with van der Waals surface area (Å²) >= 11 is 12.9. The summed E-state index contributed by atoms with van der Waals surface area (Å²) in [5.74, 6) is 0.764. The quantitative estimate of drug-likeness (QED) is 0.334. The van der Waals surface area contributed by atoms with Crippen LogP contribution in [0.3, 0.4) is 0 Å². The monoisotopic (exact) mass is 499 g/mol.